The normalized spacial score (nSPS) is 13.8. The first-order valence-corrected chi connectivity index (χ1v) is 4.98. The fourth-order valence-corrected chi connectivity index (χ4v) is 1.56. The van der Waals surface area contributed by atoms with E-state index < -0.39 is 17.8 Å². The predicted octanol–water partition coefficient (Wildman–Crippen LogP) is 2.40. The molecule has 3 nitrogen and oxygen atoms in total. The molecule has 1 heterocycles. The Hall–Kier alpha value is -1.14. The van der Waals surface area contributed by atoms with E-state index in [-0.39, 0.29) is 5.56 Å². The first kappa shape index (κ1) is 12.9. The molecular weight excluding hydrogens is 219 g/mol. The molecule has 0 radical (unpaired) electrons. The van der Waals surface area contributed by atoms with Crippen molar-refractivity contribution >= 4 is 0 Å². The molecule has 0 amide bonds. The summed E-state index contributed by atoms with van der Waals surface area (Å²) >= 11 is 0. The summed E-state index contributed by atoms with van der Waals surface area (Å²) in [5.41, 5.74) is 1.81. The molecule has 0 aliphatic heterocycles. The second-order valence-electron chi connectivity index (χ2n) is 3.47. The summed E-state index contributed by atoms with van der Waals surface area (Å²) in [4.78, 5) is 3.71. The van der Waals surface area contributed by atoms with E-state index in [2.05, 4.69) is 10.4 Å². The largest absolute Gasteiger partial charge is 0.416 e. The molecule has 1 aromatic heterocycles. The molecule has 0 spiro atoms. The van der Waals surface area contributed by atoms with E-state index in [0.29, 0.717) is 6.42 Å². The topological polar surface area (TPSA) is 50.9 Å². The fourth-order valence-electron chi connectivity index (χ4n) is 1.56. The molecule has 0 saturated heterocycles. The molecule has 16 heavy (non-hydrogen) atoms. The van der Waals surface area contributed by atoms with Gasteiger partial charge in [-0.1, -0.05) is 13.3 Å². The van der Waals surface area contributed by atoms with Crippen molar-refractivity contribution in [2.75, 3.05) is 0 Å². The molecule has 0 bridgehead atoms. The zero-order valence-corrected chi connectivity index (χ0v) is 8.88. The smallest absolute Gasteiger partial charge is 0.271 e. The molecule has 0 aromatic carbocycles. The predicted molar refractivity (Wildman–Crippen MR) is 54.2 cm³/mol. The molecule has 6 heteroatoms. The van der Waals surface area contributed by atoms with Gasteiger partial charge in [-0.2, -0.15) is 13.2 Å². The summed E-state index contributed by atoms with van der Waals surface area (Å²) in [7, 11) is 0. The Balaban J connectivity index is 3.11. The van der Waals surface area contributed by atoms with E-state index in [9.17, 15) is 13.2 Å². The van der Waals surface area contributed by atoms with Crippen LogP contribution in [-0.2, 0) is 6.18 Å². The third-order valence-electron chi connectivity index (χ3n) is 2.31. The molecule has 0 saturated carbocycles. The number of pyridine rings is 1. The van der Waals surface area contributed by atoms with Crippen molar-refractivity contribution in [3.05, 3.63) is 29.6 Å². The van der Waals surface area contributed by atoms with Crippen LogP contribution < -0.4 is 11.3 Å². The standard InChI is InChI=1S/C10H14F3N3/c1-2-3-9(16-14)7-6-15-5-4-8(7)10(11,12)13/h4-6,9,16H,2-3,14H2,1H3. The number of nitrogens with zero attached hydrogens (tertiary/aromatic N) is 1. The first-order valence-electron chi connectivity index (χ1n) is 4.98. The third kappa shape index (κ3) is 2.93. The van der Waals surface area contributed by atoms with Crippen molar-refractivity contribution in [2.24, 2.45) is 5.84 Å². The van der Waals surface area contributed by atoms with Crippen molar-refractivity contribution in [2.45, 2.75) is 32.0 Å². The van der Waals surface area contributed by atoms with Gasteiger partial charge in [0.25, 0.3) is 0 Å². The number of halogens is 3. The molecule has 0 aliphatic rings. The lowest BCUT2D eigenvalue weighted by atomic mass is 9.99. The minimum absolute atomic E-state index is 0.0966. The number of rotatable bonds is 4. The van der Waals surface area contributed by atoms with Crippen LogP contribution in [0, 0.1) is 0 Å². The number of nitrogens with one attached hydrogen (secondary N) is 1. The molecule has 1 aromatic rings. The Labute approximate surface area is 91.8 Å². The molecule has 1 rings (SSSR count). The maximum atomic E-state index is 12.7. The average molecular weight is 233 g/mol. The highest BCUT2D eigenvalue weighted by molar-refractivity contribution is 5.29. The van der Waals surface area contributed by atoms with Crippen LogP contribution in [0.5, 0.6) is 0 Å². The lowest BCUT2D eigenvalue weighted by Crippen LogP contribution is -2.29. The van der Waals surface area contributed by atoms with Gasteiger partial charge in [-0.3, -0.25) is 16.3 Å². The summed E-state index contributed by atoms with van der Waals surface area (Å²) < 4.78 is 38.1. The maximum absolute atomic E-state index is 12.7. The summed E-state index contributed by atoms with van der Waals surface area (Å²) in [6.07, 6.45) is -0.762. The van der Waals surface area contributed by atoms with Crippen LogP contribution in [0.4, 0.5) is 13.2 Å². The molecule has 3 N–H and O–H groups in total. The van der Waals surface area contributed by atoms with E-state index in [1.807, 2.05) is 6.92 Å². The van der Waals surface area contributed by atoms with Gasteiger partial charge < -0.3 is 0 Å². The number of aromatic nitrogens is 1. The Morgan fingerprint density at radius 1 is 1.50 bits per heavy atom. The summed E-state index contributed by atoms with van der Waals surface area (Å²) in [5, 5.41) is 0. The monoisotopic (exact) mass is 233 g/mol. The summed E-state index contributed by atoms with van der Waals surface area (Å²) in [6.45, 7) is 1.88. The lowest BCUT2D eigenvalue weighted by molar-refractivity contribution is -0.138. The van der Waals surface area contributed by atoms with E-state index in [4.69, 9.17) is 5.84 Å². The van der Waals surface area contributed by atoms with Gasteiger partial charge in [0.1, 0.15) is 0 Å². The number of hydrogen-bond donors (Lipinski definition) is 2. The zero-order chi connectivity index (χ0) is 12.2. The van der Waals surface area contributed by atoms with E-state index in [1.165, 1.54) is 6.20 Å². The van der Waals surface area contributed by atoms with E-state index in [1.54, 1.807) is 0 Å². The highest BCUT2D eigenvalue weighted by Gasteiger charge is 2.34. The highest BCUT2D eigenvalue weighted by atomic mass is 19.4. The molecule has 90 valence electrons. The Morgan fingerprint density at radius 2 is 2.19 bits per heavy atom. The van der Waals surface area contributed by atoms with E-state index >= 15 is 0 Å². The molecule has 0 aliphatic carbocycles. The number of hydrogen-bond acceptors (Lipinski definition) is 3. The Kier molecular flexibility index (Phi) is 4.26. The van der Waals surface area contributed by atoms with Gasteiger partial charge in [0.2, 0.25) is 0 Å². The van der Waals surface area contributed by atoms with Crippen LogP contribution in [0.2, 0.25) is 0 Å². The van der Waals surface area contributed by atoms with Gasteiger partial charge >= 0.3 is 6.18 Å². The third-order valence-corrected chi connectivity index (χ3v) is 2.31. The molecule has 0 fully saturated rings. The molecule has 1 unspecified atom stereocenters. The first-order chi connectivity index (χ1) is 7.50. The minimum atomic E-state index is -4.37. The van der Waals surface area contributed by atoms with Crippen LogP contribution >= 0.6 is 0 Å². The van der Waals surface area contributed by atoms with Gasteiger partial charge in [0.15, 0.2) is 0 Å². The second-order valence-corrected chi connectivity index (χ2v) is 3.47. The zero-order valence-electron chi connectivity index (χ0n) is 8.88. The molecular formula is C10H14F3N3. The van der Waals surface area contributed by atoms with Gasteiger partial charge in [-0.15, -0.1) is 0 Å². The fraction of sp³-hybridized carbons (Fsp3) is 0.500. The Morgan fingerprint density at radius 3 is 2.69 bits per heavy atom. The van der Waals surface area contributed by atoms with Crippen molar-refractivity contribution in [3.8, 4) is 0 Å². The van der Waals surface area contributed by atoms with Crippen molar-refractivity contribution in [1.29, 1.82) is 0 Å². The van der Waals surface area contributed by atoms with Crippen LogP contribution in [0.3, 0.4) is 0 Å². The van der Waals surface area contributed by atoms with Crippen molar-refractivity contribution in [1.82, 2.24) is 10.4 Å². The highest BCUT2D eigenvalue weighted by Crippen LogP contribution is 2.34. The lowest BCUT2D eigenvalue weighted by Gasteiger charge is -2.19. The molecule has 1 atom stereocenters. The number of alkyl halides is 3. The SMILES string of the molecule is CCCC(NN)c1cnccc1C(F)(F)F. The van der Waals surface area contributed by atoms with Crippen molar-refractivity contribution < 1.29 is 13.2 Å². The second kappa shape index (κ2) is 5.27. The van der Waals surface area contributed by atoms with Crippen molar-refractivity contribution in [3.63, 3.8) is 0 Å². The van der Waals surface area contributed by atoms with Gasteiger partial charge in [0, 0.05) is 24.0 Å². The van der Waals surface area contributed by atoms with E-state index in [0.717, 1.165) is 18.7 Å². The number of hydrazine groups is 1. The van der Waals surface area contributed by atoms with Crippen LogP contribution in [0.15, 0.2) is 18.5 Å². The maximum Gasteiger partial charge on any atom is 0.416 e. The van der Waals surface area contributed by atoms with Gasteiger partial charge in [-0.25, -0.2) is 0 Å². The quantitative estimate of drug-likeness (QED) is 0.620. The van der Waals surface area contributed by atoms with Crippen LogP contribution in [-0.4, -0.2) is 4.98 Å². The van der Waals surface area contributed by atoms with Gasteiger partial charge in [0.05, 0.1) is 5.56 Å². The summed E-state index contributed by atoms with van der Waals surface area (Å²) in [6, 6.07) is 0.449. The number of nitrogens with two attached hydrogens (primary N) is 1. The summed E-state index contributed by atoms with van der Waals surface area (Å²) in [5.74, 6) is 5.26. The average Bonchev–Trinajstić information content (AvgIpc) is 2.25. The van der Waals surface area contributed by atoms with Crippen LogP contribution in [0.25, 0.3) is 0 Å². The minimum Gasteiger partial charge on any atom is -0.271 e. The van der Waals surface area contributed by atoms with Crippen LogP contribution in [0.1, 0.15) is 36.9 Å². The Bertz CT molecular complexity index is 338. The van der Waals surface area contributed by atoms with Gasteiger partial charge in [-0.05, 0) is 12.5 Å².